The third-order valence-corrected chi connectivity index (χ3v) is 4.73. The lowest BCUT2D eigenvalue weighted by Gasteiger charge is -2.19. The molecule has 146 valence electrons. The molecule has 0 spiro atoms. The Kier molecular flexibility index (Phi) is 4.71. The predicted molar refractivity (Wildman–Crippen MR) is 103 cm³/mol. The van der Waals surface area contributed by atoms with Crippen LogP contribution in [0.3, 0.4) is 0 Å². The normalized spacial score (nSPS) is 17.8. The summed E-state index contributed by atoms with van der Waals surface area (Å²) in [7, 11) is 0. The lowest BCUT2D eigenvalue weighted by Crippen LogP contribution is -2.34. The van der Waals surface area contributed by atoms with Gasteiger partial charge in [0.15, 0.2) is 5.65 Å². The molecule has 10 nitrogen and oxygen atoms in total. The summed E-state index contributed by atoms with van der Waals surface area (Å²) < 4.78 is 6.80. The van der Waals surface area contributed by atoms with Crippen LogP contribution in [0.4, 0.5) is 16.7 Å². The number of cyclic esters (lactones) is 1. The van der Waals surface area contributed by atoms with Crippen LogP contribution >= 0.6 is 11.6 Å². The maximum Gasteiger partial charge on any atom is 0.417 e. The van der Waals surface area contributed by atoms with E-state index in [0.717, 1.165) is 12.1 Å². The van der Waals surface area contributed by atoms with Crippen molar-refractivity contribution in [3.63, 3.8) is 0 Å². The van der Waals surface area contributed by atoms with Gasteiger partial charge in [0.25, 0.3) is 0 Å². The molecule has 1 unspecified atom stereocenters. The summed E-state index contributed by atoms with van der Waals surface area (Å²) in [6, 6.07) is 3.17. The lowest BCUT2D eigenvalue weighted by molar-refractivity contribution is 0.178. The Labute approximate surface area is 165 Å². The largest absolute Gasteiger partial charge is 0.447 e. The maximum atomic E-state index is 12.1. The first-order chi connectivity index (χ1) is 13.5. The highest BCUT2D eigenvalue weighted by molar-refractivity contribution is 6.29. The van der Waals surface area contributed by atoms with Crippen LogP contribution in [-0.2, 0) is 4.74 Å². The zero-order valence-corrected chi connectivity index (χ0v) is 16.4. The molecule has 2 atom stereocenters. The molecule has 1 N–H and O–H groups in total. The van der Waals surface area contributed by atoms with E-state index in [2.05, 4.69) is 30.4 Å². The van der Waals surface area contributed by atoms with E-state index in [1.165, 1.54) is 4.90 Å². The van der Waals surface area contributed by atoms with Gasteiger partial charge in [0.2, 0.25) is 11.9 Å². The Balaban J connectivity index is 1.63. The van der Waals surface area contributed by atoms with E-state index in [9.17, 15) is 4.79 Å². The van der Waals surface area contributed by atoms with Gasteiger partial charge in [0.1, 0.15) is 17.6 Å². The van der Waals surface area contributed by atoms with Crippen molar-refractivity contribution in [1.82, 2.24) is 29.5 Å². The van der Waals surface area contributed by atoms with E-state index in [1.807, 2.05) is 13.8 Å². The van der Waals surface area contributed by atoms with Crippen LogP contribution in [0.25, 0.3) is 5.65 Å². The number of ether oxygens (including phenoxy) is 1. The quantitative estimate of drug-likeness (QED) is 0.693. The fourth-order valence-corrected chi connectivity index (χ4v) is 3.22. The minimum absolute atomic E-state index is 0.0929. The number of imidazole rings is 1. The van der Waals surface area contributed by atoms with Crippen molar-refractivity contribution < 1.29 is 9.53 Å². The van der Waals surface area contributed by atoms with Gasteiger partial charge in [-0.3, -0.25) is 0 Å². The Morgan fingerprint density at radius 1 is 1.36 bits per heavy atom. The van der Waals surface area contributed by atoms with Crippen LogP contribution in [0.1, 0.15) is 37.8 Å². The second-order valence-corrected chi connectivity index (χ2v) is 6.88. The van der Waals surface area contributed by atoms with Gasteiger partial charge >= 0.3 is 6.09 Å². The predicted octanol–water partition coefficient (Wildman–Crippen LogP) is 2.78. The molecule has 3 aromatic rings. The fourth-order valence-electron chi connectivity index (χ4n) is 3.08. The molecule has 1 fully saturated rings. The number of halogens is 1. The Bertz CT molecular complexity index is 1040. The number of carbonyl (C=O) groups excluding carboxylic acids is 1. The van der Waals surface area contributed by atoms with Crippen LogP contribution in [0.2, 0.25) is 5.15 Å². The van der Waals surface area contributed by atoms with Gasteiger partial charge in [-0.15, -0.1) is 0 Å². The molecular weight excluding hydrogens is 384 g/mol. The summed E-state index contributed by atoms with van der Waals surface area (Å²) in [6.07, 6.45) is 2.01. The molecular formula is C17H19ClN8O2. The number of amides is 1. The molecule has 0 aliphatic carbocycles. The molecule has 1 saturated heterocycles. The number of aromatic nitrogens is 6. The number of hydrogen-bond donors (Lipinski definition) is 1. The molecule has 28 heavy (non-hydrogen) atoms. The molecule has 1 aliphatic rings. The van der Waals surface area contributed by atoms with Crippen molar-refractivity contribution in [3.05, 3.63) is 35.0 Å². The number of aryl methyl sites for hydroxylation is 1. The molecule has 3 aromatic heterocycles. The van der Waals surface area contributed by atoms with Crippen molar-refractivity contribution in [1.29, 1.82) is 0 Å². The summed E-state index contributed by atoms with van der Waals surface area (Å²) in [4.78, 5) is 31.0. The van der Waals surface area contributed by atoms with Gasteiger partial charge in [-0.1, -0.05) is 18.5 Å². The van der Waals surface area contributed by atoms with Gasteiger partial charge in [0, 0.05) is 0 Å². The second kappa shape index (κ2) is 7.19. The highest BCUT2D eigenvalue weighted by Crippen LogP contribution is 2.24. The Morgan fingerprint density at radius 3 is 2.96 bits per heavy atom. The molecule has 4 rings (SSSR count). The summed E-state index contributed by atoms with van der Waals surface area (Å²) in [5.41, 5.74) is 1.48. The van der Waals surface area contributed by atoms with Crippen molar-refractivity contribution in [2.45, 2.75) is 39.3 Å². The zero-order chi connectivity index (χ0) is 19.8. The van der Waals surface area contributed by atoms with Crippen molar-refractivity contribution >= 4 is 35.2 Å². The summed E-state index contributed by atoms with van der Waals surface area (Å²) in [5.74, 6) is 1.12. The number of hydrogen-bond acceptors (Lipinski definition) is 8. The standard InChI is InChI=1S/C17H19ClN8O2/c1-4-11-8-28-17(27)25(11)16-22-10(3)21-15(23-16)20-9(2)12-7-19-14-6-5-13(18)24-26(12)14/h5-7,9,11H,4,8H2,1-3H3,(H,20,21,22,23)/t9-,11?/m1/s1. The van der Waals surface area contributed by atoms with E-state index in [1.54, 1.807) is 29.8 Å². The van der Waals surface area contributed by atoms with Crippen LogP contribution < -0.4 is 10.2 Å². The van der Waals surface area contributed by atoms with Crippen molar-refractivity contribution in [2.24, 2.45) is 0 Å². The minimum Gasteiger partial charge on any atom is -0.447 e. The number of nitrogens with zero attached hydrogens (tertiary/aromatic N) is 7. The van der Waals surface area contributed by atoms with E-state index in [-0.39, 0.29) is 18.0 Å². The molecule has 0 saturated carbocycles. The van der Waals surface area contributed by atoms with E-state index in [0.29, 0.717) is 29.2 Å². The van der Waals surface area contributed by atoms with Gasteiger partial charge in [-0.05, 0) is 32.4 Å². The third-order valence-electron chi connectivity index (χ3n) is 4.53. The number of nitrogens with one attached hydrogen (secondary N) is 1. The summed E-state index contributed by atoms with van der Waals surface area (Å²) in [6.45, 7) is 5.99. The van der Waals surface area contributed by atoms with Gasteiger partial charge in [-0.2, -0.15) is 20.1 Å². The van der Waals surface area contributed by atoms with Crippen molar-refractivity contribution in [2.75, 3.05) is 16.8 Å². The van der Waals surface area contributed by atoms with Gasteiger partial charge in [-0.25, -0.2) is 19.2 Å². The molecule has 0 bridgehead atoms. The van der Waals surface area contributed by atoms with E-state index < -0.39 is 6.09 Å². The molecule has 0 aromatic carbocycles. The van der Waals surface area contributed by atoms with E-state index in [4.69, 9.17) is 16.3 Å². The average molecular weight is 403 g/mol. The van der Waals surface area contributed by atoms with E-state index >= 15 is 0 Å². The van der Waals surface area contributed by atoms with Crippen LogP contribution in [0.15, 0.2) is 18.3 Å². The summed E-state index contributed by atoms with van der Waals surface area (Å²) in [5, 5.41) is 7.88. The van der Waals surface area contributed by atoms with Crippen LogP contribution in [0, 0.1) is 6.92 Å². The van der Waals surface area contributed by atoms with Gasteiger partial charge < -0.3 is 10.1 Å². The van der Waals surface area contributed by atoms with Crippen LogP contribution in [-0.4, -0.2) is 48.3 Å². The lowest BCUT2D eigenvalue weighted by atomic mass is 10.2. The monoisotopic (exact) mass is 402 g/mol. The minimum atomic E-state index is -0.447. The highest BCUT2D eigenvalue weighted by atomic mass is 35.5. The third kappa shape index (κ3) is 3.31. The average Bonchev–Trinajstić information content (AvgIpc) is 3.23. The number of rotatable bonds is 5. The number of anilines is 2. The summed E-state index contributed by atoms with van der Waals surface area (Å²) >= 11 is 6.01. The number of carbonyl (C=O) groups is 1. The Morgan fingerprint density at radius 2 is 2.18 bits per heavy atom. The Hall–Kier alpha value is -3.01. The fraction of sp³-hybridized carbons (Fsp3) is 0.412. The second-order valence-electron chi connectivity index (χ2n) is 6.49. The molecule has 4 heterocycles. The first kappa shape index (κ1) is 18.4. The molecule has 0 radical (unpaired) electrons. The maximum absolute atomic E-state index is 12.1. The zero-order valence-electron chi connectivity index (χ0n) is 15.6. The molecule has 11 heteroatoms. The molecule has 1 aliphatic heterocycles. The topological polar surface area (TPSA) is 110 Å². The number of fused-ring (bicyclic) bond motifs is 1. The first-order valence-electron chi connectivity index (χ1n) is 8.91. The smallest absolute Gasteiger partial charge is 0.417 e. The molecule has 1 amide bonds. The van der Waals surface area contributed by atoms with Gasteiger partial charge in [0.05, 0.1) is 24.0 Å². The highest BCUT2D eigenvalue weighted by Gasteiger charge is 2.35. The van der Waals surface area contributed by atoms with Crippen LogP contribution in [0.5, 0.6) is 0 Å². The van der Waals surface area contributed by atoms with Crippen molar-refractivity contribution in [3.8, 4) is 0 Å². The first-order valence-corrected chi connectivity index (χ1v) is 9.29. The SMILES string of the molecule is CCC1COC(=O)N1c1nc(C)nc(N[C@H](C)c2cnc3ccc(Cl)nn23)n1.